The van der Waals surface area contributed by atoms with Gasteiger partial charge in [0, 0.05) is 10.9 Å². The van der Waals surface area contributed by atoms with E-state index in [1.807, 2.05) is 25.1 Å². The number of aromatic nitrogens is 1. The van der Waals surface area contributed by atoms with Gasteiger partial charge in [-0.25, -0.2) is 4.79 Å². The molecule has 0 atom stereocenters. The van der Waals surface area contributed by atoms with Gasteiger partial charge in [0.05, 0.1) is 45.2 Å². The number of hydrogen-bond acceptors (Lipinski definition) is 5. The minimum atomic E-state index is -0.540. The Bertz CT molecular complexity index is 1110. The number of benzene rings is 1. The number of hydrogen-bond donors (Lipinski definition) is 3. The van der Waals surface area contributed by atoms with Gasteiger partial charge in [0.2, 0.25) is 0 Å². The summed E-state index contributed by atoms with van der Waals surface area (Å²) < 4.78 is 10.0. The Hall–Kier alpha value is -3.59. The number of carbonyl (C=O) groups excluding carboxylic acids is 3. The maximum Gasteiger partial charge on any atom is 0.356 e. The van der Waals surface area contributed by atoms with Gasteiger partial charge in [-0.1, -0.05) is 12.1 Å². The molecule has 4 rings (SSSR count). The van der Waals surface area contributed by atoms with Gasteiger partial charge in [0.25, 0.3) is 11.8 Å². The van der Waals surface area contributed by atoms with E-state index in [1.54, 1.807) is 17.0 Å². The maximum absolute atomic E-state index is 12.8. The molecule has 0 aliphatic carbocycles. The topological polar surface area (TPSA) is 109 Å². The number of aryl methyl sites for hydroxylation is 1. The lowest BCUT2D eigenvalue weighted by Gasteiger charge is -2.31. The fourth-order valence-corrected chi connectivity index (χ4v) is 3.87. The number of anilines is 1. The Morgan fingerprint density at radius 3 is 2.68 bits per heavy atom. The maximum atomic E-state index is 12.8. The highest BCUT2D eigenvalue weighted by atomic mass is 16.5. The van der Waals surface area contributed by atoms with Crippen molar-refractivity contribution in [2.45, 2.75) is 6.92 Å². The molecule has 1 aliphatic heterocycles. The number of ether oxygens (including phenoxy) is 1. The lowest BCUT2D eigenvalue weighted by Crippen LogP contribution is -3.15. The summed E-state index contributed by atoms with van der Waals surface area (Å²) in [5.41, 5.74) is 2.45. The second-order valence-corrected chi connectivity index (χ2v) is 7.66. The predicted molar refractivity (Wildman–Crippen MR) is 113 cm³/mol. The highest BCUT2D eigenvalue weighted by molar-refractivity contribution is 6.11. The van der Waals surface area contributed by atoms with Gasteiger partial charge < -0.3 is 29.3 Å². The van der Waals surface area contributed by atoms with Gasteiger partial charge in [-0.3, -0.25) is 9.59 Å². The fraction of sp³-hybridized carbons (Fsp3) is 0.318. The van der Waals surface area contributed by atoms with Crippen molar-refractivity contribution in [2.75, 3.05) is 45.2 Å². The monoisotopic (exact) mass is 425 g/mol. The number of piperazine rings is 1. The molecule has 0 radical (unpaired) electrons. The molecule has 1 saturated heterocycles. The average Bonchev–Trinajstić information content (AvgIpc) is 3.42. The highest BCUT2D eigenvalue weighted by Crippen LogP contribution is 2.29. The summed E-state index contributed by atoms with van der Waals surface area (Å²) in [6.07, 6.45) is 1.48. The van der Waals surface area contributed by atoms with Crippen molar-refractivity contribution < 1.29 is 28.4 Å². The Balaban J connectivity index is 1.41. The molecule has 0 saturated carbocycles. The van der Waals surface area contributed by atoms with Crippen molar-refractivity contribution in [3.63, 3.8) is 0 Å². The lowest BCUT2D eigenvalue weighted by atomic mass is 10.1. The molecule has 9 heteroatoms. The number of carbonyl (C=O) groups is 3. The first kappa shape index (κ1) is 20.7. The molecule has 9 nitrogen and oxygen atoms in total. The Morgan fingerprint density at radius 1 is 1.23 bits per heavy atom. The molecule has 0 bridgehead atoms. The van der Waals surface area contributed by atoms with Crippen LogP contribution in [0.3, 0.4) is 0 Å². The molecule has 1 aliphatic rings. The standard InChI is InChI=1S/C22H24N4O5/c1-14-5-6-15-16(12-14)23-20(22(29)30-2)19(15)24-18(27)13-25-7-9-26(10-8-25)21(28)17-4-3-11-31-17/h3-6,11-12,23H,7-10,13H2,1-2H3,(H,24,27)/p+1. The van der Waals surface area contributed by atoms with E-state index in [-0.39, 0.29) is 24.1 Å². The number of esters is 1. The first-order valence-corrected chi connectivity index (χ1v) is 10.1. The molecule has 2 aromatic heterocycles. The number of rotatable bonds is 5. The van der Waals surface area contributed by atoms with Gasteiger partial charge in [-0.2, -0.15) is 0 Å². The van der Waals surface area contributed by atoms with Crippen LogP contribution in [0.25, 0.3) is 10.9 Å². The van der Waals surface area contributed by atoms with Gasteiger partial charge in [0.1, 0.15) is 5.69 Å². The second-order valence-electron chi connectivity index (χ2n) is 7.66. The van der Waals surface area contributed by atoms with Gasteiger partial charge in [-0.15, -0.1) is 0 Å². The van der Waals surface area contributed by atoms with Crippen LogP contribution in [0.5, 0.6) is 0 Å². The third kappa shape index (κ3) is 4.31. The van der Waals surface area contributed by atoms with Crippen molar-refractivity contribution in [3.8, 4) is 0 Å². The van der Waals surface area contributed by atoms with Gasteiger partial charge in [-0.05, 0) is 30.7 Å². The van der Waals surface area contributed by atoms with Crippen LogP contribution >= 0.6 is 0 Å². The van der Waals surface area contributed by atoms with Crippen LogP contribution in [0.15, 0.2) is 41.0 Å². The normalized spacial score (nSPS) is 14.6. The second kappa shape index (κ2) is 8.65. The summed E-state index contributed by atoms with van der Waals surface area (Å²) in [5.74, 6) is -0.551. The molecule has 1 fully saturated rings. The summed E-state index contributed by atoms with van der Waals surface area (Å²) in [5, 5.41) is 3.64. The summed E-state index contributed by atoms with van der Waals surface area (Å²) in [6, 6.07) is 9.05. The zero-order valence-corrected chi connectivity index (χ0v) is 17.5. The van der Waals surface area contributed by atoms with E-state index in [1.165, 1.54) is 13.4 Å². The van der Waals surface area contributed by atoms with Crippen LogP contribution in [-0.4, -0.2) is 67.5 Å². The van der Waals surface area contributed by atoms with Crippen LogP contribution < -0.4 is 10.2 Å². The molecule has 0 unspecified atom stereocenters. The van der Waals surface area contributed by atoms with Gasteiger partial charge in [0.15, 0.2) is 12.3 Å². The van der Waals surface area contributed by atoms with E-state index in [0.717, 1.165) is 21.4 Å². The number of nitrogens with one attached hydrogen (secondary N) is 3. The Morgan fingerprint density at radius 2 is 2.00 bits per heavy atom. The van der Waals surface area contributed by atoms with Crippen molar-refractivity contribution in [1.82, 2.24) is 9.88 Å². The van der Waals surface area contributed by atoms with Crippen LogP contribution in [0.1, 0.15) is 26.6 Å². The molecule has 1 aromatic carbocycles. The molecule has 2 amide bonds. The van der Waals surface area contributed by atoms with E-state index in [9.17, 15) is 14.4 Å². The third-order valence-corrected chi connectivity index (χ3v) is 5.51. The molecular weight excluding hydrogens is 400 g/mol. The van der Waals surface area contributed by atoms with E-state index in [2.05, 4.69) is 10.3 Å². The van der Waals surface area contributed by atoms with Crippen LogP contribution in [0.4, 0.5) is 5.69 Å². The summed E-state index contributed by atoms with van der Waals surface area (Å²) in [4.78, 5) is 43.2. The number of amides is 2. The average molecular weight is 425 g/mol. The predicted octanol–water partition coefficient (Wildman–Crippen LogP) is 0.835. The first-order chi connectivity index (χ1) is 15.0. The van der Waals surface area contributed by atoms with Crippen molar-refractivity contribution in [2.24, 2.45) is 0 Å². The fourth-order valence-electron chi connectivity index (χ4n) is 3.87. The largest absolute Gasteiger partial charge is 0.464 e. The minimum absolute atomic E-state index is 0.134. The van der Waals surface area contributed by atoms with E-state index < -0.39 is 5.97 Å². The van der Waals surface area contributed by atoms with Crippen molar-refractivity contribution >= 4 is 34.4 Å². The number of nitrogens with zero attached hydrogens (tertiary/aromatic N) is 1. The van der Waals surface area contributed by atoms with E-state index >= 15 is 0 Å². The molecule has 3 heterocycles. The molecule has 31 heavy (non-hydrogen) atoms. The molecule has 162 valence electrons. The quantitative estimate of drug-likeness (QED) is 0.525. The number of aromatic amines is 1. The number of H-pyrrole nitrogens is 1. The zero-order chi connectivity index (χ0) is 22.0. The molecule has 0 spiro atoms. The molecule has 3 aromatic rings. The van der Waals surface area contributed by atoms with Crippen LogP contribution in [0, 0.1) is 6.92 Å². The Kier molecular flexibility index (Phi) is 5.77. The minimum Gasteiger partial charge on any atom is -0.464 e. The summed E-state index contributed by atoms with van der Waals surface area (Å²) in [7, 11) is 1.30. The highest BCUT2D eigenvalue weighted by Gasteiger charge is 2.28. The number of quaternary nitrogens is 1. The van der Waals surface area contributed by atoms with Crippen LogP contribution in [-0.2, 0) is 9.53 Å². The van der Waals surface area contributed by atoms with Crippen LogP contribution in [0.2, 0.25) is 0 Å². The first-order valence-electron chi connectivity index (χ1n) is 10.1. The van der Waals surface area contributed by atoms with Crippen molar-refractivity contribution in [1.29, 1.82) is 0 Å². The number of fused-ring (bicyclic) bond motifs is 1. The summed E-state index contributed by atoms with van der Waals surface area (Å²) >= 11 is 0. The lowest BCUT2D eigenvalue weighted by molar-refractivity contribution is -0.895. The van der Waals surface area contributed by atoms with E-state index in [0.29, 0.717) is 37.6 Å². The Labute approximate surface area is 178 Å². The third-order valence-electron chi connectivity index (χ3n) is 5.51. The summed E-state index contributed by atoms with van der Waals surface area (Å²) in [6.45, 7) is 4.58. The SMILES string of the molecule is COC(=O)c1[nH]c2cc(C)ccc2c1NC(=O)C[NH+]1CCN(C(=O)c2ccco2)CC1. The number of methoxy groups -OCH3 is 1. The van der Waals surface area contributed by atoms with Crippen molar-refractivity contribution in [3.05, 3.63) is 53.6 Å². The smallest absolute Gasteiger partial charge is 0.356 e. The molecular formula is C22H25N4O5+. The number of furan rings is 1. The van der Waals surface area contributed by atoms with E-state index in [4.69, 9.17) is 9.15 Å². The molecule has 3 N–H and O–H groups in total. The van der Waals surface area contributed by atoms with Gasteiger partial charge >= 0.3 is 5.97 Å². The zero-order valence-electron chi connectivity index (χ0n) is 17.5.